The maximum atomic E-state index is 12.6. The summed E-state index contributed by atoms with van der Waals surface area (Å²) in [4.78, 5) is 20.8. The fraction of sp³-hybridized carbons (Fsp3) is 0.333. The van der Waals surface area contributed by atoms with E-state index in [0.717, 1.165) is 29.3 Å². The predicted molar refractivity (Wildman–Crippen MR) is 109 cm³/mol. The normalized spacial score (nSPS) is 16.1. The number of pyridine rings is 1. The lowest BCUT2D eigenvalue weighted by Crippen LogP contribution is -2.40. The van der Waals surface area contributed by atoms with Crippen molar-refractivity contribution >= 4 is 22.2 Å². The molecule has 7 heteroatoms. The lowest BCUT2D eigenvalue weighted by molar-refractivity contribution is 0.0233. The quantitative estimate of drug-likeness (QED) is 0.704. The zero-order valence-corrected chi connectivity index (χ0v) is 16.8. The van der Waals surface area contributed by atoms with Gasteiger partial charge in [0.1, 0.15) is 5.00 Å². The van der Waals surface area contributed by atoms with Crippen LogP contribution in [-0.2, 0) is 4.74 Å². The van der Waals surface area contributed by atoms with Crippen LogP contribution in [0.15, 0.2) is 47.2 Å². The van der Waals surface area contributed by atoms with E-state index in [-0.39, 0.29) is 11.9 Å². The number of morpholine rings is 1. The number of carbonyl (C=O) groups excluding carboxylic acids is 1. The van der Waals surface area contributed by atoms with Crippen LogP contribution in [0.4, 0.5) is 5.00 Å². The fourth-order valence-electron chi connectivity index (χ4n) is 3.53. The molecule has 3 aromatic heterocycles. The Kier molecular flexibility index (Phi) is 5.57. The minimum absolute atomic E-state index is 0.0399. The van der Waals surface area contributed by atoms with Gasteiger partial charge in [0, 0.05) is 29.7 Å². The van der Waals surface area contributed by atoms with Gasteiger partial charge in [-0.3, -0.25) is 14.7 Å². The highest BCUT2D eigenvalue weighted by molar-refractivity contribution is 7.16. The first kappa shape index (κ1) is 18.9. The van der Waals surface area contributed by atoms with Crippen LogP contribution in [0.2, 0.25) is 0 Å². The van der Waals surface area contributed by atoms with Crippen molar-refractivity contribution in [2.45, 2.75) is 19.9 Å². The molecule has 0 aliphatic carbocycles. The lowest BCUT2D eigenvalue weighted by atomic mass is 9.98. The molecule has 1 saturated heterocycles. The molecule has 0 radical (unpaired) electrons. The van der Waals surface area contributed by atoms with E-state index in [2.05, 4.69) is 29.0 Å². The molecule has 1 aliphatic rings. The average molecular weight is 398 g/mol. The second-order valence-electron chi connectivity index (χ2n) is 6.76. The van der Waals surface area contributed by atoms with Gasteiger partial charge in [0.25, 0.3) is 5.91 Å². The minimum Gasteiger partial charge on any atom is -0.459 e. The van der Waals surface area contributed by atoms with Crippen molar-refractivity contribution in [2.75, 3.05) is 31.6 Å². The Morgan fingerprint density at radius 1 is 1.21 bits per heavy atom. The summed E-state index contributed by atoms with van der Waals surface area (Å²) >= 11 is 1.59. The Morgan fingerprint density at radius 3 is 2.71 bits per heavy atom. The van der Waals surface area contributed by atoms with E-state index >= 15 is 0 Å². The van der Waals surface area contributed by atoms with Crippen molar-refractivity contribution in [3.05, 3.63) is 70.3 Å². The maximum absolute atomic E-state index is 12.6. The van der Waals surface area contributed by atoms with Gasteiger partial charge in [-0.05, 0) is 43.7 Å². The van der Waals surface area contributed by atoms with E-state index in [1.807, 2.05) is 24.4 Å². The molecule has 146 valence electrons. The number of nitrogens with one attached hydrogen (secondary N) is 1. The average Bonchev–Trinajstić information content (AvgIpc) is 3.35. The van der Waals surface area contributed by atoms with Crippen LogP contribution < -0.4 is 5.32 Å². The predicted octanol–water partition coefficient (Wildman–Crippen LogP) is 4.03. The van der Waals surface area contributed by atoms with E-state index < -0.39 is 0 Å². The number of amides is 1. The van der Waals surface area contributed by atoms with Gasteiger partial charge < -0.3 is 14.5 Å². The SMILES string of the molecule is Cc1sc(NC(=O)c2ccco2)c([C@H](c2ccccn2)N2CCOCC2)c1C. The van der Waals surface area contributed by atoms with Crippen molar-refractivity contribution in [3.8, 4) is 0 Å². The summed E-state index contributed by atoms with van der Waals surface area (Å²) in [5, 5.41) is 3.91. The summed E-state index contributed by atoms with van der Waals surface area (Å²) in [5.41, 5.74) is 3.25. The van der Waals surface area contributed by atoms with Crippen LogP contribution in [0.5, 0.6) is 0 Å². The first-order valence-corrected chi connectivity index (χ1v) is 10.1. The van der Waals surface area contributed by atoms with Crippen LogP contribution in [0.25, 0.3) is 0 Å². The van der Waals surface area contributed by atoms with Crippen molar-refractivity contribution in [1.82, 2.24) is 9.88 Å². The minimum atomic E-state index is -0.241. The molecule has 4 heterocycles. The Morgan fingerprint density at radius 2 is 2.04 bits per heavy atom. The van der Waals surface area contributed by atoms with Crippen LogP contribution >= 0.6 is 11.3 Å². The van der Waals surface area contributed by atoms with Gasteiger partial charge in [0.15, 0.2) is 5.76 Å². The number of furan rings is 1. The number of thiophene rings is 1. The van der Waals surface area contributed by atoms with Gasteiger partial charge in [-0.25, -0.2) is 0 Å². The van der Waals surface area contributed by atoms with Gasteiger partial charge >= 0.3 is 0 Å². The van der Waals surface area contributed by atoms with Gasteiger partial charge in [-0.2, -0.15) is 0 Å². The van der Waals surface area contributed by atoms with Gasteiger partial charge in [0.2, 0.25) is 0 Å². The van der Waals surface area contributed by atoms with E-state index in [4.69, 9.17) is 9.15 Å². The second-order valence-corrected chi connectivity index (χ2v) is 7.99. The number of hydrogen-bond acceptors (Lipinski definition) is 6. The van der Waals surface area contributed by atoms with Crippen LogP contribution in [0, 0.1) is 13.8 Å². The molecule has 6 nitrogen and oxygen atoms in total. The highest BCUT2D eigenvalue weighted by Crippen LogP contribution is 2.42. The summed E-state index contributed by atoms with van der Waals surface area (Å²) in [6.07, 6.45) is 3.32. The third-order valence-electron chi connectivity index (χ3n) is 5.06. The summed E-state index contributed by atoms with van der Waals surface area (Å²) in [7, 11) is 0. The largest absolute Gasteiger partial charge is 0.459 e. The molecule has 1 N–H and O–H groups in total. The molecule has 0 aromatic carbocycles. The number of nitrogens with zero attached hydrogens (tertiary/aromatic N) is 2. The molecule has 1 fully saturated rings. The van der Waals surface area contributed by atoms with Crippen molar-refractivity contribution in [3.63, 3.8) is 0 Å². The molecule has 4 rings (SSSR count). The van der Waals surface area contributed by atoms with Crippen molar-refractivity contribution in [1.29, 1.82) is 0 Å². The number of carbonyl (C=O) groups is 1. The van der Waals surface area contributed by atoms with Gasteiger partial charge in [-0.15, -0.1) is 11.3 Å². The second kappa shape index (κ2) is 8.26. The molecule has 0 unspecified atom stereocenters. The zero-order chi connectivity index (χ0) is 19.5. The smallest absolute Gasteiger partial charge is 0.291 e. The third kappa shape index (κ3) is 3.73. The Labute approximate surface area is 168 Å². The fourth-order valence-corrected chi connectivity index (χ4v) is 4.62. The molecular formula is C21H23N3O3S. The standard InChI is InChI=1S/C21H23N3O3S/c1-14-15(2)28-21(23-20(25)17-7-5-11-27-17)18(14)19(16-6-3-4-8-22-16)24-9-12-26-13-10-24/h3-8,11,19H,9-10,12-13H2,1-2H3,(H,23,25)/t19-/m0/s1. The first-order chi connectivity index (χ1) is 13.6. The lowest BCUT2D eigenvalue weighted by Gasteiger charge is -2.35. The van der Waals surface area contributed by atoms with E-state index in [1.54, 1.807) is 23.5 Å². The van der Waals surface area contributed by atoms with Gasteiger partial charge in [-0.1, -0.05) is 6.07 Å². The highest BCUT2D eigenvalue weighted by atomic mass is 32.1. The van der Waals surface area contributed by atoms with E-state index in [9.17, 15) is 4.79 Å². The summed E-state index contributed by atoms with van der Waals surface area (Å²) in [5.74, 6) is 0.0599. The van der Waals surface area contributed by atoms with E-state index in [1.165, 1.54) is 16.7 Å². The van der Waals surface area contributed by atoms with Crippen molar-refractivity contribution < 1.29 is 13.9 Å². The molecular weight excluding hydrogens is 374 g/mol. The monoisotopic (exact) mass is 397 g/mol. The summed E-state index contributed by atoms with van der Waals surface area (Å²) in [6.45, 7) is 7.22. The van der Waals surface area contributed by atoms with Crippen LogP contribution in [0.3, 0.4) is 0 Å². The third-order valence-corrected chi connectivity index (χ3v) is 6.19. The van der Waals surface area contributed by atoms with Crippen LogP contribution in [-0.4, -0.2) is 42.1 Å². The highest BCUT2D eigenvalue weighted by Gasteiger charge is 2.31. The van der Waals surface area contributed by atoms with Gasteiger partial charge in [0.05, 0.1) is 31.2 Å². The molecule has 3 aromatic rings. The Balaban J connectivity index is 1.76. The molecule has 28 heavy (non-hydrogen) atoms. The Hall–Kier alpha value is -2.48. The van der Waals surface area contributed by atoms with E-state index in [0.29, 0.717) is 19.0 Å². The summed E-state index contributed by atoms with van der Waals surface area (Å²) < 4.78 is 10.8. The topological polar surface area (TPSA) is 67.6 Å². The van der Waals surface area contributed by atoms with Crippen LogP contribution in [0.1, 0.15) is 38.3 Å². The van der Waals surface area contributed by atoms with Crippen molar-refractivity contribution in [2.24, 2.45) is 0 Å². The molecule has 0 saturated carbocycles. The molecule has 1 aliphatic heterocycles. The maximum Gasteiger partial charge on any atom is 0.291 e. The summed E-state index contributed by atoms with van der Waals surface area (Å²) in [6, 6.07) is 9.31. The number of hydrogen-bond donors (Lipinski definition) is 1. The molecule has 0 spiro atoms. The first-order valence-electron chi connectivity index (χ1n) is 9.32. The zero-order valence-electron chi connectivity index (χ0n) is 16.0. The number of aryl methyl sites for hydroxylation is 1. The number of anilines is 1. The molecule has 1 atom stereocenters. The number of ether oxygens (including phenoxy) is 1. The molecule has 0 bridgehead atoms. The Bertz CT molecular complexity index is 931. The number of rotatable bonds is 5. The molecule has 1 amide bonds. The number of aromatic nitrogens is 1.